The minimum absolute atomic E-state index is 0.0709. The highest BCUT2D eigenvalue weighted by atomic mass is 127. The second-order valence-corrected chi connectivity index (χ2v) is 5.82. The Morgan fingerprint density at radius 1 is 1.44 bits per heavy atom. The maximum atomic E-state index is 11.5. The smallest absolute Gasteiger partial charge is 0.167 e. The van der Waals surface area contributed by atoms with Crippen LogP contribution in [0.4, 0.5) is 0 Å². The van der Waals surface area contributed by atoms with Crippen LogP contribution in [0.5, 0.6) is 0 Å². The normalized spacial score (nSPS) is 26.4. The van der Waals surface area contributed by atoms with E-state index in [4.69, 9.17) is 0 Å². The standard InChI is InChI=1S/C11H19IN2O2/c1-10(2)9(6-8(15)7-12)13(5)11(3,4)14(10)16/h6,16H,7H2,1-5H3/b9-6+. The van der Waals surface area contributed by atoms with Gasteiger partial charge >= 0.3 is 0 Å². The summed E-state index contributed by atoms with van der Waals surface area (Å²) in [5, 5.41) is 11.4. The van der Waals surface area contributed by atoms with Gasteiger partial charge in [-0.15, -0.1) is 0 Å². The zero-order valence-corrected chi connectivity index (χ0v) is 12.6. The van der Waals surface area contributed by atoms with Gasteiger partial charge < -0.3 is 10.1 Å². The summed E-state index contributed by atoms with van der Waals surface area (Å²) < 4.78 is 0.455. The molecule has 0 aromatic heterocycles. The Bertz CT molecular complexity index is 337. The molecule has 0 bridgehead atoms. The van der Waals surface area contributed by atoms with Gasteiger partial charge in [0.15, 0.2) is 5.78 Å². The van der Waals surface area contributed by atoms with E-state index in [9.17, 15) is 10.0 Å². The van der Waals surface area contributed by atoms with Gasteiger partial charge in [-0.2, -0.15) is 5.06 Å². The van der Waals surface area contributed by atoms with E-state index in [1.807, 2.05) is 62.2 Å². The lowest BCUT2D eigenvalue weighted by atomic mass is 10.0. The molecule has 1 rings (SSSR count). The lowest BCUT2D eigenvalue weighted by Gasteiger charge is -2.34. The van der Waals surface area contributed by atoms with E-state index in [0.29, 0.717) is 4.43 Å². The van der Waals surface area contributed by atoms with Crippen molar-refractivity contribution in [2.45, 2.75) is 38.9 Å². The Labute approximate surface area is 110 Å². The van der Waals surface area contributed by atoms with Crippen LogP contribution in [0.3, 0.4) is 0 Å². The number of hydrogen-bond acceptors (Lipinski definition) is 4. The van der Waals surface area contributed by atoms with Crippen LogP contribution in [0.2, 0.25) is 0 Å². The third kappa shape index (κ3) is 2.00. The number of likely N-dealkylation sites (N-methyl/N-ethyl adjacent to an activating group) is 1. The number of allylic oxidation sites excluding steroid dienone is 1. The van der Waals surface area contributed by atoms with Crippen molar-refractivity contribution in [2.75, 3.05) is 11.5 Å². The first-order valence-electron chi connectivity index (χ1n) is 5.19. The summed E-state index contributed by atoms with van der Waals surface area (Å²) >= 11 is 2.04. The van der Waals surface area contributed by atoms with Crippen molar-refractivity contribution < 1.29 is 10.0 Å². The molecular weight excluding hydrogens is 319 g/mol. The molecule has 16 heavy (non-hydrogen) atoms. The SMILES string of the molecule is CN1/C(=C/C(=O)CI)C(C)(C)N(O)C1(C)C. The van der Waals surface area contributed by atoms with Gasteiger partial charge in [0, 0.05) is 18.8 Å². The molecule has 1 aliphatic heterocycles. The van der Waals surface area contributed by atoms with Gasteiger partial charge in [0.2, 0.25) is 0 Å². The second-order valence-electron chi connectivity index (χ2n) is 5.05. The summed E-state index contributed by atoms with van der Waals surface area (Å²) in [6.07, 6.45) is 1.63. The van der Waals surface area contributed by atoms with Crippen LogP contribution in [0.15, 0.2) is 11.8 Å². The molecule has 1 saturated heterocycles. The van der Waals surface area contributed by atoms with Crippen molar-refractivity contribution in [1.29, 1.82) is 0 Å². The van der Waals surface area contributed by atoms with Crippen LogP contribution >= 0.6 is 22.6 Å². The lowest BCUT2D eigenvalue weighted by molar-refractivity contribution is -0.207. The predicted molar refractivity (Wildman–Crippen MR) is 71.5 cm³/mol. The van der Waals surface area contributed by atoms with Crippen LogP contribution in [-0.4, -0.2) is 43.6 Å². The molecular formula is C11H19IN2O2. The van der Waals surface area contributed by atoms with E-state index in [1.165, 1.54) is 5.06 Å². The number of carbonyl (C=O) groups excluding carboxylic acids is 1. The molecule has 1 heterocycles. The van der Waals surface area contributed by atoms with Gasteiger partial charge in [-0.05, 0) is 27.7 Å². The van der Waals surface area contributed by atoms with Crippen molar-refractivity contribution in [2.24, 2.45) is 0 Å². The fourth-order valence-corrected chi connectivity index (χ4v) is 2.32. The molecule has 0 aromatic rings. The van der Waals surface area contributed by atoms with E-state index in [1.54, 1.807) is 6.08 Å². The maximum absolute atomic E-state index is 11.5. The molecule has 1 aliphatic rings. The van der Waals surface area contributed by atoms with Gasteiger partial charge in [0.1, 0.15) is 5.66 Å². The Morgan fingerprint density at radius 2 is 1.94 bits per heavy atom. The quantitative estimate of drug-likeness (QED) is 0.475. The lowest BCUT2D eigenvalue weighted by Crippen LogP contribution is -2.49. The number of carbonyl (C=O) groups is 1. The summed E-state index contributed by atoms with van der Waals surface area (Å²) in [5.74, 6) is 0.0709. The summed E-state index contributed by atoms with van der Waals surface area (Å²) in [7, 11) is 1.89. The number of hydrogen-bond donors (Lipinski definition) is 1. The van der Waals surface area contributed by atoms with Gasteiger partial charge in [-0.3, -0.25) is 4.79 Å². The van der Waals surface area contributed by atoms with Crippen molar-refractivity contribution in [3.05, 3.63) is 11.8 Å². The van der Waals surface area contributed by atoms with Crippen LogP contribution in [-0.2, 0) is 4.79 Å². The Balaban J connectivity index is 3.21. The molecule has 0 saturated carbocycles. The van der Waals surface area contributed by atoms with Crippen molar-refractivity contribution in [3.63, 3.8) is 0 Å². The van der Waals surface area contributed by atoms with E-state index in [0.717, 1.165) is 5.70 Å². The summed E-state index contributed by atoms with van der Waals surface area (Å²) in [6.45, 7) is 7.66. The molecule has 0 spiro atoms. The average Bonchev–Trinajstić information content (AvgIpc) is 2.31. The summed E-state index contributed by atoms with van der Waals surface area (Å²) in [6, 6.07) is 0. The molecule has 92 valence electrons. The molecule has 0 amide bonds. The Morgan fingerprint density at radius 3 is 2.25 bits per heavy atom. The topological polar surface area (TPSA) is 43.8 Å². The number of nitrogens with zero attached hydrogens (tertiary/aromatic N) is 2. The van der Waals surface area contributed by atoms with Crippen molar-refractivity contribution in [1.82, 2.24) is 9.96 Å². The molecule has 0 atom stereocenters. The third-order valence-electron chi connectivity index (χ3n) is 3.29. The van der Waals surface area contributed by atoms with Crippen LogP contribution in [0.1, 0.15) is 27.7 Å². The van der Waals surface area contributed by atoms with E-state index in [-0.39, 0.29) is 5.78 Å². The number of rotatable bonds is 2. The van der Waals surface area contributed by atoms with Gasteiger partial charge in [-0.25, -0.2) is 0 Å². The fourth-order valence-electron chi connectivity index (χ4n) is 2.10. The summed E-state index contributed by atoms with van der Waals surface area (Å²) in [5.41, 5.74) is -0.192. The molecule has 0 unspecified atom stereocenters. The zero-order valence-electron chi connectivity index (χ0n) is 10.4. The van der Waals surface area contributed by atoms with Crippen molar-refractivity contribution >= 4 is 28.4 Å². The van der Waals surface area contributed by atoms with Gasteiger partial charge in [-0.1, -0.05) is 22.6 Å². The molecule has 5 heteroatoms. The van der Waals surface area contributed by atoms with Gasteiger partial charge in [0.25, 0.3) is 0 Å². The fraction of sp³-hybridized carbons (Fsp3) is 0.727. The number of ketones is 1. The highest BCUT2D eigenvalue weighted by molar-refractivity contribution is 14.1. The molecule has 0 radical (unpaired) electrons. The van der Waals surface area contributed by atoms with E-state index < -0.39 is 11.2 Å². The molecule has 0 aliphatic carbocycles. The Kier molecular flexibility index (Phi) is 3.71. The number of halogens is 1. The minimum Gasteiger partial charge on any atom is -0.356 e. The Hall–Kier alpha value is -0.140. The predicted octanol–water partition coefficient (Wildman–Crippen LogP) is 2.03. The maximum Gasteiger partial charge on any atom is 0.167 e. The van der Waals surface area contributed by atoms with Crippen LogP contribution in [0, 0.1) is 0 Å². The second kappa shape index (κ2) is 4.27. The highest BCUT2D eigenvalue weighted by Crippen LogP contribution is 2.41. The average molecular weight is 338 g/mol. The molecule has 1 fully saturated rings. The third-order valence-corrected chi connectivity index (χ3v) is 4.04. The van der Waals surface area contributed by atoms with Gasteiger partial charge in [0.05, 0.1) is 9.97 Å². The first-order valence-corrected chi connectivity index (χ1v) is 6.72. The first kappa shape index (κ1) is 13.9. The largest absolute Gasteiger partial charge is 0.356 e. The van der Waals surface area contributed by atoms with E-state index >= 15 is 0 Å². The monoisotopic (exact) mass is 338 g/mol. The highest BCUT2D eigenvalue weighted by Gasteiger charge is 2.51. The van der Waals surface area contributed by atoms with E-state index in [2.05, 4.69) is 0 Å². The van der Waals surface area contributed by atoms with Crippen molar-refractivity contribution in [3.8, 4) is 0 Å². The van der Waals surface area contributed by atoms with Crippen LogP contribution in [0.25, 0.3) is 0 Å². The first-order chi connectivity index (χ1) is 7.15. The molecule has 4 nitrogen and oxygen atoms in total. The van der Waals surface area contributed by atoms with Crippen LogP contribution < -0.4 is 0 Å². The molecule has 0 aromatic carbocycles. The summed E-state index contributed by atoms with van der Waals surface area (Å²) in [4.78, 5) is 13.4. The minimum atomic E-state index is -0.542. The molecule has 1 N–H and O–H groups in total. The number of hydroxylamine groups is 2. The number of alkyl halides is 1. The zero-order chi connectivity index (χ0) is 12.7.